The standard InChI is InChI=1S/C50H31NO2/c1-3-16-38-32(11-1)13-8-19-39(38)35-14-7-15-37(31-35)51(45-22-9-21-43-42-18-5-6-23-46(42)52-50(43)45)36-28-25-34(26-29-36)40-20-10-24-47-48(40)44-30-27-33-12-2-4-17-41(33)49(44)53-47/h1-31H. The third-order valence-electron chi connectivity index (χ3n) is 10.7. The van der Waals surface area contributed by atoms with Gasteiger partial charge in [0.15, 0.2) is 5.58 Å². The minimum absolute atomic E-state index is 0.857. The highest BCUT2D eigenvalue weighted by atomic mass is 16.3. The maximum absolute atomic E-state index is 6.63. The first-order valence-corrected chi connectivity index (χ1v) is 18.0. The molecule has 3 nitrogen and oxygen atoms in total. The van der Waals surface area contributed by atoms with Crippen molar-refractivity contribution in [2.24, 2.45) is 0 Å². The van der Waals surface area contributed by atoms with Crippen LogP contribution in [0.3, 0.4) is 0 Å². The molecule has 248 valence electrons. The van der Waals surface area contributed by atoms with Gasteiger partial charge in [-0.1, -0.05) is 140 Å². The molecule has 0 aliphatic heterocycles. The molecular weight excluding hydrogens is 647 g/mol. The molecule has 0 atom stereocenters. The van der Waals surface area contributed by atoms with Crippen molar-refractivity contribution < 1.29 is 8.83 Å². The summed E-state index contributed by atoms with van der Waals surface area (Å²) in [5.41, 5.74) is 11.2. The highest BCUT2D eigenvalue weighted by Gasteiger charge is 2.21. The van der Waals surface area contributed by atoms with E-state index in [1.807, 2.05) is 12.1 Å². The van der Waals surface area contributed by atoms with Gasteiger partial charge in [0.1, 0.15) is 16.7 Å². The van der Waals surface area contributed by atoms with Crippen LogP contribution in [-0.4, -0.2) is 0 Å². The van der Waals surface area contributed by atoms with Gasteiger partial charge in [0.25, 0.3) is 0 Å². The summed E-state index contributed by atoms with van der Waals surface area (Å²) < 4.78 is 13.2. The zero-order valence-electron chi connectivity index (χ0n) is 28.7. The van der Waals surface area contributed by atoms with E-state index < -0.39 is 0 Å². The van der Waals surface area contributed by atoms with E-state index in [2.05, 4.69) is 181 Å². The largest absolute Gasteiger partial charge is 0.455 e. The van der Waals surface area contributed by atoms with Gasteiger partial charge < -0.3 is 13.7 Å². The predicted octanol–water partition coefficient (Wildman–Crippen LogP) is 14.6. The maximum Gasteiger partial charge on any atom is 0.159 e. The zero-order valence-corrected chi connectivity index (χ0v) is 28.7. The lowest BCUT2D eigenvalue weighted by Gasteiger charge is -2.26. The lowest BCUT2D eigenvalue weighted by atomic mass is 9.97. The summed E-state index contributed by atoms with van der Waals surface area (Å²) in [7, 11) is 0. The average molecular weight is 678 g/mol. The fraction of sp³-hybridized carbons (Fsp3) is 0. The molecule has 11 rings (SSSR count). The van der Waals surface area contributed by atoms with Crippen LogP contribution in [0.1, 0.15) is 0 Å². The van der Waals surface area contributed by atoms with E-state index >= 15 is 0 Å². The highest BCUT2D eigenvalue weighted by molar-refractivity contribution is 6.19. The minimum atomic E-state index is 0.857. The minimum Gasteiger partial charge on any atom is -0.455 e. The van der Waals surface area contributed by atoms with E-state index in [-0.39, 0.29) is 0 Å². The molecule has 0 aliphatic carbocycles. The molecular formula is C50H31NO2. The third-order valence-corrected chi connectivity index (χ3v) is 10.7. The van der Waals surface area contributed by atoms with Crippen LogP contribution in [0.2, 0.25) is 0 Å². The summed E-state index contributed by atoms with van der Waals surface area (Å²) in [6.45, 7) is 0. The van der Waals surface area contributed by atoms with Crippen LogP contribution in [-0.2, 0) is 0 Å². The first kappa shape index (κ1) is 29.6. The Morgan fingerprint density at radius 2 is 0.981 bits per heavy atom. The summed E-state index contributed by atoms with van der Waals surface area (Å²) >= 11 is 0. The molecule has 0 amide bonds. The van der Waals surface area contributed by atoms with Gasteiger partial charge in [0.05, 0.1) is 5.69 Å². The van der Waals surface area contributed by atoms with E-state index in [4.69, 9.17) is 8.83 Å². The van der Waals surface area contributed by atoms with Gasteiger partial charge in [-0.2, -0.15) is 0 Å². The Balaban J connectivity index is 1.09. The average Bonchev–Trinajstić information content (AvgIpc) is 3.81. The predicted molar refractivity (Wildman–Crippen MR) is 222 cm³/mol. The molecule has 53 heavy (non-hydrogen) atoms. The summed E-state index contributed by atoms with van der Waals surface area (Å²) in [6.07, 6.45) is 0. The van der Waals surface area contributed by atoms with Crippen molar-refractivity contribution in [1.29, 1.82) is 0 Å². The van der Waals surface area contributed by atoms with Gasteiger partial charge in [-0.3, -0.25) is 0 Å². The van der Waals surface area contributed by atoms with E-state index in [1.54, 1.807) is 0 Å². The number of furan rings is 2. The van der Waals surface area contributed by atoms with Crippen LogP contribution < -0.4 is 4.90 Å². The number of hydrogen-bond donors (Lipinski definition) is 0. The van der Waals surface area contributed by atoms with Crippen LogP contribution in [0.25, 0.3) is 87.7 Å². The molecule has 0 bridgehead atoms. The van der Waals surface area contributed by atoms with Gasteiger partial charge in [-0.05, 0) is 86.9 Å². The summed E-state index contributed by atoms with van der Waals surface area (Å²) in [5, 5.41) is 9.22. The van der Waals surface area contributed by atoms with Crippen LogP contribution >= 0.6 is 0 Å². The number of para-hydroxylation sites is 2. The van der Waals surface area contributed by atoms with Gasteiger partial charge in [0.2, 0.25) is 0 Å². The van der Waals surface area contributed by atoms with E-state index in [9.17, 15) is 0 Å². The van der Waals surface area contributed by atoms with Crippen LogP contribution in [0, 0.1) is 0 Å². The lowest BCUT2D eigenvalue weighted by molar-refractivity contribution is 0.669. The van der Waals surface area contributed by atoms with Crippen molar-refractivity contribution >= 4 is 82.5 Å². The fourth-order valence-corrected chi connectivity index (χ4v) is 8.21. The van der Waals surface area contributed by atoms with Crippen molar-refractivity contribution in [2.45, 2.75) is 0 Å². The van der Waals surface area contributed by atoms with Gasteiger partial charge in [-0.25, -0.2) is 0 Å². The second-order valence-electron chi connectivity index (χ2n) is 13.7. The monoisotopic (exact) mass is 677 g/mol. The van der Waals surface area contributed by atoms with Crippen LogP contribution in [0.4, 0.5) is 17.1 Å². The smallest absolute Gasteiger partial charge is 0.159 e. The normalized spacial score (nSPS) is 11.8. The van der Waals surface area contributed by atoms with Crippen molar-refractivity contribution in [2.75, 3.05) is 4.90 Å². The summed E-state index contributed by atoms with van der Waals surface area (Å²) in [4.78, 5) is 2.32. The number of anilines is 3. The molecule has 0 N–H and O–H groups in total. The molecule has 0 spiro atoms. The van der Waals surface area contributed by atoms with Crippen LogP contribution in [0.15, 0.2) is 197 Å². The second kappa shape index (κ2) is 11.7. The van der Waals surface area contributed by atoms with Gasteiger partial charge in [0, 0.05) is 38.3 Å². The number of nitrogens with zero attached hydrogens (tertiary/aromatic N) is 1. The van der Waals surface area contributed by atoms with Crippen molar-refractivity contribution in [3.63, 3.8) is 0 Å². The van der Waals surface area contributed by atoms with Crippen molar-refractivity contribution in [3.8, 4) is 22.3 Å². The first-order chi connectivity index (χ1) is 26.3. The molecule has 0 unspecified atom stereocenters. The Morgan fingerprint density at radius 3 is 1.87 bits per heavy atom. The molecule has 0 fully saturated rings. The molecule has 0 saturated carbocycles. The molecule has 11 aromatic rings. The second-order valence-corrected chi connectivity index (χ2v) is 13.7. The fourth-order valence-electron chi connectivity index (χ4n) is 8.21. The number of hydrogen-bond acceptors (Lipinski definition) is 3. The molecule has 2 aromatic heterocycles. The van der Waals surface area contributed by atoms with Crippen LogP contribution in [0.5, 0.6) is 0 Å². The molecule has 0 radical (unpaired) electrons. The maximum atomic E-state index is 6.63. The Labute approximate surface area is 305 Å². The number of rotatable bonds is 5. The van der Waals surface area contributed by atoms with E-state index in [0.29, 0.717) is 0 Å². The van der Waals surface area contributed by atoms with Crippen molar-refractivity contribution in [1.82, 2.24) is 0 Å². The number of benzene rings is 9. The van der Waals surface area contributed by atoms with Crippen molar-refractivity contribution in [3.05, 3.63) is 188 Å². The summed E-state index contributed by atoms with van der Waals surface area (Å²) in [5.74, 6) is 0. The quantitative estimate of drug-likeness (QED) is 0.182. The summed E-state index contributed by atoms with van der Waals surface area (Å²) in [6, 6.07) is 66.7. The topological polar surface area (TPSA) is 29.5 Å². The molecule has 9 aromatic carbocycles. The highest BCUT2D eigenvalue weighted by Crippen LogP contribution is 2.45. The molecule has 0 saturated heterocycles. The Bertz CT molecular complexity index is 3180. The van der Waals surface area contributed by atoms with Gasteiger partial charge in [-0.15, -0.1) is 0 Å². The first-order valence-electron chi connectivity index (χ1n) is 18.0. The van der Waals surface area contributed by atoms with Gasteiger partial charge >= 0.3 is 0 Å². The van der Waals surface area contributed by atoms with E-state index in [1.165, 1.54) is 21.7 Å². The Morgan fingerprint density at radius 1 is 0.340 bits per heavy atom. The molecule has 2 heterocycles. The SMILES string of the molecule is c1cc(-c2cccc3ccccc23)cc(N(c2ccc(-c3cccc4oc5c6ccccc6ccc5c34)cc2)c2cccc3c2oc2ccccc23)c1. The molecule has 3 heteroatoms. The Kier molecular flexibility index (Phi) is 6.55. The Hall–Kier alpha value is -7.10. The number of fused-ring (bicyclic) bond motifs is 9. The van der Waals surface area contributed by atoms with E-state index in [0.717, 1.165) is 83.0 Å². The third kappa shape index (κ3) is 4.68. The molecule has 0 aliphatic rings. The lowest BCUT2D eigenvalue weighted by Crippen LogP contribution is -2.10. The zero-order chi connectivity index (χ0) is 34.9.